The van der Waals surface area contributed by atoms with E-state index in [1.165, 1.54) is 12.5 Å². The molecule has 0 heterocycles. The van der Waals surface area contributed by atoms with Crippen molar-refractivity contribution in [1.29, 1.82) is 0 Å². The zero-order valence-corrected chi connectivity index (χ0v) is 12.0. The van der Waals surface area contributed by atoms with E-state index < -0.39 is 11.9 Å². The SMILES string of the molecule is C=CCOC(=O)c1ccccc1C(=O)OC1CCCCC1. The Kier molecular flexibility index (Phi) is 5.55. The van der Waals surface area contributed by atoms with Gasteiger partial charge < -0.3 is 9.47 Å². The molecule has 0 aromatic heterocycles. The molecule has 112 valence electrons. The summed E-state index contributed by atoms with van der Waals surface area (Å²) in [4.78, 5) is 24.2. The minimum absolute atomic E-state index is 0.0384. The van der Waals surface area contributed by atoms with Crippen molar-refractivity contribution in [2.75, 3.05) is 6.61 Å². The lowest BCUT2D eigenvalue weighted by atomic mass is 9.97. The lowest BCUT2D eigenvalue weighted by Crippen LogP contribution is -2.22. The van der Waals surface area contributed by atoms with E-state index in [0.717, 1.165) is 25.7 Å². The van der Waals surface area contributed by atoms with Crippen LogP contribution in [0, 0.1) is 0 Å². The first-order valence-corrected chi connectivity index (χ1v) is 7.30. The van der Waals surface area contributed by atoms with Crippen molar-refractivity contribution in [2.45, 2.75) is 38.2 Å². The Morgan fingerprint density at radius 2 is 1.71 bits per heavy atom. The standard InChI is InChI=1S/C17H20O4/c1-2-12-20-16(18)14-10-6-7-11-15(14)17(19)21-13-8-4-3-5-9-13/h2,6-7,10-11,13H,1,3-5,8-9,12H2. The third kappa shape index (κ3) is 4.18. The normalized spacial score (nSPS) is 15.2. The Bertz CT molecular complexity index is 515. The first-order chi connectivity index (χ1) is 10.2. The monoisotopic (exact) mass is 288 g/mol. The topological polar surface area (TPSA) is 52.6 Å². The molecule has 1 saturated carbocycles. The van der Waals surface area contributed by atoms with Crippen LogP contribution in [-0.4, -0.2) is 24.6 Å². The van der Waals surface area contributed by atoms with E-state index in [4.69, 9.17) is 9.47 Å². The molecule has 1 aromatic rings. The van der Waals surface area contributed by atoms with Crippen LogP contribution in [0.15, 0.2) is 36.9 Å². The molecule has 4 nitrogen and oxygen atoms in total. The maximum atomic E-state index is 12.3. The summed E-state index contributed by atoms with van der Waals surface area (Å²) in [5.74, 6) is -0.987. The Morgan fingerprint density at radius 1 is 1.10 bits per heavy atom. The van der Waals surface area contributed by atoms with E-state index in [2.05, 4.69) is 6.58 Å². The maximum absolute atomic E-state index is 12.3. The van der Waals surface area contributed by atoms with Crippen LogP contribution >= 0.6 is 0 Å². The minimum Gasteiger partial charge on any atom is -0.459 e. The highest BCUT2D eigenvalue weighted by molar-refractivity contribution is 6.03. The van der Waals surface area contributed by atoms with E-state index in [0.29, 0.717) is 0 Å². The quantitative estimate of drug-likeness (QED) is 0.614. The second-order valence-corrected chi connectivity index (χ2v) is 5.10. The molecule has 1 aliphatic rings. The van der Waals surface area contributed by atoms with Gasteiger partial charge in [-0.25, -0.2) is 9.59 Å². The van der Waals surface area contributed by atoms with E-state index in [9.17, 15) is 9.59 Å². The first-order valence-electron chi connectivity index (χ1n) is 7.30. The van der Waals surface area contributed by atoms with Crippen LogP contribution in [0.1, 0.15) is 52.8 Å². The van der Waals surface area contributed by atoms with E-state index in [1.807, 2.05) is 0 Å². The minimum atomic E-state index is -0.536. The van der Waals surface area contributed by atoms with Crippen LogP contribution < -0.4 is 0 Å². The number of carbonyl (C=O) groups excluding carboxylic acids is 2. The van der Waals surface area contributed by atoms with Gasteiger partial charge >= 0.3 is 11.9 Å². The summed E-state index contributed by atoms with van der Waals surface area (Å²) < 4.78 is 10.5. The highest BCUT2D eigenvalue weighted by Gasteiger charge is 2.23. The molecule has 0 radical (unpaired) electrons. The molecule has 0 bridgehead atoms. The molecule has 0 amide bonds. The Labute approximate surface area is 124 Å². The van der Waals surface area contributed by atoms with Crippen LogP contribution in [0.2, 0.25) is 0 Å². The number of hydrogen-bond acceptors (Lipinski definition) is 4. The second-order valence-electron chi connectivity index (χ2n) is 5.10. The fraction of sp³-hybridized carbons (Fsp3) is 0.412. The second kappa shape index (κ2) is 7.62. The van der Waals surface area contributed by atoms with Crippen LogP contribution in [0.5, 0.6) is 0 Å². The third-order valence-electron chi connectivity index (χ3n) is 3.53. The average Bonchev–Trinajstić information content (AvgIpc) is 2.53. The van der Waals surface area contributed by atoms with Crippen LogP contribution in [0.3, 0.4) is 0 Å². The number of ether oxygens (including phenoxy) is 2. The molecule has 1 fully saturated rings. The van der Waals surface area contributed by atoms with E-state index in [1.54, 1.807) is 24.3 Å². The first kappa shape index (κ1) is 15.3. The summed E-state index contributed by atoms with van der Waals surface area (Å²) in [5, 5.41) is 0. The van der Waals surface area contributed by atoms with Gasteiger partial charge in [0.05, 0.1) is 11.1 Å². The van der Waals surface area contributed by atoms with Crippen molar-refractivity contribution in [3.05, 3.63) is 48.0 Å². The molecule has 1 aliphatic carbocycles. The van der Waals surface area contributed by atoms with Gasteiger partial charge in [0, 0.05) is 0 Å². The number of carbonyl (C=O) groups is 2. The fourth-order valence-electron chi connectivity index (χ4n) is 2.45. The van der Waals surface area contributed by atoms with Crippen LogP contribution in [0.4, 0.5) is 0 Å². The van der Waals surface area contributed by atoms with Gasteiger partial charge in [0.25, 0.3) is 0 Å². The van der Waals surface area contributed by atoms with Gasteiger partial charge in [-0.15, -0.1) is 0 Å². The average molecular weight is 288 g/mol. The Balaban J connectivity index is 2.09. The van der Waals surface area contributed by atoms with Crippen molar-refractivity contribution < 1.29 is 19.1 Å². The smallest absolute Gasteiger partial charge is 0.339 e. The molecule has 0 saturated heterocycles. The zero-order chi connectivity index (χ0) is 15.1. The van der Waals surface area contributed by atoms with E-state index in [-0.39, 0.29) is 23.8 Å². The van der Waals surface area contributed by atoms with Gasteiger partial charge in [-0.1, -0.05) is 31.2 Å². The predicted octanol–water partition coefficient (Wildman–Crippen LogP) is 3.52. The third-order valence-corrected chi connectivity index (χ3v) is 3.53. The summed E-state index contributed by atoms with van der Waals surface area (Å²) in [5.41, 5.74) is 0.497. The fourth-order valence-corrected chi connectivity index (χ4v) is 2.45. The van der Waals surface area contributed by atoms with E-state index >= 15 is 0 Å². The van der Waals surface area contributed by atoms with Crippen molar-refractivity contribution in [1.82, 2.24) is 0 Å². The largest absolute Gasteiger partial charge is 0.459 e. The highest BCUT2D eigenvalue weighted by atomic mass is 16.5. The highest BCUT2D eigenvalue weighted by Crippen LogP contribution is 2.22. The van der Waals surface area contributed by atoms with Crippen molar-refractivity contribution in [3.63, 3.8) is 0 Å². The molecular formula is C17H20O4. The van der Waals surface area contributed by atoms with Gasteiger partial charge in [-0.3, -0.25) is 0 Å². The van der Waals surface area contributed by atoms with Gasteiger partial charge in [0.2, 0.25) is 0 Å². The molecule has 4 heteroatoms. The number of benzene rings is 1. The molecule has 1 aromatic carbocycles. The van der Waals surface area contributed by atoms with Gasteiger partial charge in [0.1, 0.15) is 12.7 Å². The molecule has 0 unspecified atom stereocenters. The summed E-state index contributed by atoms with van der Waals surface area (Å²) in [6.45, 7) is 3.61. The lowest BCUT2D eigenvalue weighted by Gasteiger charge is -2.22. The molecule has 21 heavy (non-hydrogen) atoms. The van der Waals surface area contributed by atoms with Crippen LogP contribution in [0.25, 0.3) is 0 Å². The van der Waals surface area contributed by atoms with Crippen molar-refractivity contribution >= 4 is 11.9 Å². The van der Waals surface area contributed by atoms with Crippen molar-refractivity contribution in [3.8, 4) is 0 Å². The van der Waals surface area contributed by atoms with Gasteiger partial charge in [-0.2, -0.15) is 0 Å². The maximum Gasteiger partial charge on any atom is 0.339 e. The molecule has 0 spiro atoms. The molecule has 0 atom stereocenters. The number of rotatable bonds is 5. The van der Waals surface area contributed by atoms with Gasteiger partial charge in [0.15, 0.2) is 0 Å². The molecule has 0 aliphatic heterocycles. The molecule has 0 N–H and O–H groups in total. The summed E-state index contributed by atoms with van der Waals surface area (Å²) in [6, 6.07) is 6.57. The predicted molar refractivity (Wildman–Crippen MR) is 79.2 cm³/mol. The summed E-state index contributed by atoms with van der Waals surface area (Å²) >= 11 is 0. The lowest BCUT2D eigenvalue weighted by molar-refractivity contribution is 0.0205. The number of hydrogen-bond donors (Lipinski definition) is 0. The molecular weight excluding hydrogens is 268 g/mol. The summed E-state index contributed by atoms with van der Waals surface area (Å²) in [6.07, 6.45) is 6.61. The Hall–Kier alpha value is -2.10. The van der Waals surface area contributed by atoms with Crippen molar-refractivity contribution in [2.24, 2.45) is 0 Å². The van der Waals surface area contributed by atoms with Gasteiger partial charge in [-0.05, 0) is 37.8 Å². The zero-order valence-electron chi connectivity index (χ0n) is 12.0. The Morgan fingerprint density at radius 3 is 2.33 bits per heavy atom. The molecule has 2 rings (SSSR count). The number of esters is 2. The summed E-state index contributed by atoms with van der Waals surface area (Å²) in [7, 11) is 0. The van der Waals surface area contributed by atoms with Crippen LogP contribution in [-0.2, 0) is 9.47 Å².